The topological polar surface area (TPSA) is 122 Å². The molecule has 1 aliphatic heterocycles. The van der Waals surface area contributed by atoms with E-state index in [-0.39, 0.29) is 35.4 Å². The maximum atomic E-state index is 13.0. The standard InChI is InChI=1S/C19H25N3O6S/c1-12-18(13(2)28-21-12)29(25,26)22-8-4-5-15(11-22)19(24)20-10-14-6-7-16(23)17(9-14)27-3/h6-7,9,15,23H,4-5,8,10-11H2,1-3H3,(H,20,24). The highest BCUT2D eigenvalue weighted by Gasteiger charge is 2.36. The molecule has 10 heteroatoms. The number of carbonyl (C=O) groups is 1. The van der Waals surface area contributed by atoms with Crippen molar-refractivity contribution in [1.29, 1.82) is 0 Å². The number of phenols is 1. The number of piperidine rings is 1. The number of aromatic hydroxyl groups is 1. The molecule has 1 aliphatic rings. The molecule has 9 nitrogen and oxygen atoms in total. The molecule has 2 heterocycles. The summed E-state index contributed by atoms with van der Waals surface area (Å²) in [7, 11) is -2.32. The highest BCUT2D eigenvalue weighted by molar-refractivity contribution is 7.89. The quantitative estimate of drug-likeness (QED) is 0.725. The van der Waals surface area contributed by atoms with E-state index in [2.05, 4.69) is 10.5 Å². The lowest BCUT2D eigenvalue weighted by molar-refractivity contribution is -0.126. The van der Waals surface area contributed by atoms with Gasteiger partial charge >= 0.3 is 0 Å². The summed E-state index contributed by atoms with van der Waals surface area (Å²) in [4.78, 5) is 12.7. The van der Waals surface area contributed by atoms with Gasteiger partial charge in [0.25, 0.3) is 0 Å². The summed E-state index contributed by atoms with van der Waals surface area (Å²) in [6.07, 6.45) is 1.20. The molecule has 3 rings (SSSR count). The van der Waals surface area contributed by atoms with Crippen LogP contribution in [0.25, 0.3) is 0 Å². The Balaban J connectivity index is 1.67. The Kier molecular flexibility index (Phi) is 6.13. The number of nitrogens with one attached hydrogen (secondary N) is 1. The van der Waals surface area contributed by atoms with E-state index >= 15 is 0 Å². The van der Waals surface area contributed by atoms with Crippen LogP contribution in [0.2, 0.25) is 0 Å². The van der Waals surface area contributed by atoms with Crippen molar-refractivity contribution in [2.45, 2.75) is 38.1 Å². The van der Waals surface area contributed by atoms with E-state index < -0.39 is 15.9 Å². The van der Waals surface area contributed by atoms with Crippen molar-refractivity contribution in [1.82, 2.24) is 14.8 Å². The van der Waals surface area contributed by atoms with Crippen LogP contribution in [0.15, 0.2) is 27.6 Å². The fourth-order valence-corrected chi connectivity index (χ4v) is 5.33. The van der Waals surface area contributed by atoms with Gasteiger partial charge < -0.3 is 19.7 Å². The molecule has 0 spiro atoms. The Labute approximate surface area is 169 Å². The molecule has 158 valence electrons. The average Bonchev–Trinajstić information content (AvgIpc) is 3.06. The summed E-state index contributed by atoms with van der Waals surface area (Å²) >= 11 is 0. The Hall–Kier alpha value is -2.59. The van der Waals surface area contributed by atoms with Gasteiger partial charge in [0, 0.05) is 19.6 Å². The van der Waals surface area contributed by atoms with Gasteiger partial charge in [-0.1, -0.05) is 11.2 Å². The molecule has 1 amide bonds. The van der Waals surface area contributed by atoms with Crippen LogP contribution in [-0.4, -0.2) is 49.1 Å². The first-order chi connectivity index (χ1) is 13.7. The molecule has 1 aromatic carbocycles. The van der Waals surface area contributed by atoms with Crippen LogP contribution in [0.1, 0.15) is 29.9 Å². The Morgan fingerprint density at radius 2 is 2.17 bits per heavy atom. The van der Waals surface area contributed by atoms with Gasteiger partial charge in [0.2, 0.25) is 15.9 Å². The maximum Gasteiger partial charge on any atom is 0.248 e. The minimum Gasteiger partial charge on any atom is -0.504 e. The van der Waals surface area contributed by atoms with Gasteiger partial charge in [-0.05, 0) is 44.4 Å². The van der Waals surface area contributed by atoms with Gasteiger partial charge in [-0.25, -0.2) is 8.42 Å². The minimum absolute atomic E-state index is 0.0232. The number of carbonyl (C=O) groups excluding carboxylic acids is 1. The summed E-state index contributed by atoms with van der Waals surface area (Å²) < 4.78 is 37.4. The number of aromatic nitrogens is 1. The Morgan fingerprint density at radius 1 is 1.41 bits per heavy atom. The molecule has 0 aliphatic carbocycles. The van der Waals surface area contributed by atoms with E-state index in [0.717, 1.165) is 5.56 Å². The number of benzene rings is 1. The van der Waals surface area contributed by atoms with Crippen LogP contribution >= 0.6 is 0 Å². The molecule has 0 radical (unpaired) electrons. The summed E-state index contributed by atoms with van der Waals surface area (Å²) in [5.41, 5.74) is 1.08. The monoisotopic (exact) mass is 423 g/mol. The van der Waals surface area contributed by atoms with Crippen molar-refractivity contribution >= 4 is 15.9 Å². The number of nitrogens with zero attached hydrogens (tertiary/aromatic N) is 2. The zero-order chi connectivity index (χ0) is 21.2. The fourth-order valence-electron chi connectivity index (χ4n) is 3.51. The van der Waals surface area contributed by atoms with Gasteiger partial charge in [-0.15, -0.1) is 0 Å². The molecule has 1 atom stereocenters. The van der Waals surface area contributed by atoms with Gasteiger partial charge in [-0.3, -0.25) is 4.79 Å². The van der Waals surface area contributed by atoms with Crippen molar-refractivity contribution in [3.05, 3.63) is 35.2 Å². The Morgan fingerprint density at radius 3 is 2.83 bits per heavy atom. The second-order valence-electron chi connectivity index (χ2n) is 7.08. The van der Waals surface area contributed by atoms with E-state index in [9.17, 15) is 18.3 Å². The number of hydrogen-bond donors (Lipinski definition) is 2. The van der Waals surface area contributed by atoms with Gasteiger partial charge in [0.15, 0.2) is 17.3 Å². The second-order valence-corrected chi connectivity index (χ2v) is 8.95. The third-order valence-corrected chi connectivity index (χ3v) is 7.14. The van der Waals surface area contributed by atoms with E-state index in [1.54, 1.807) is 26.0 Å². The van der Waals surface area contributed by atoms with Gasteiger partial charge in [0.05, 0.1) is 13.0 Å². The van der Waals surface area contributed by atoms with Gasteiger partial charge in [-0.2, -0.15) is 4.31 Å². The SMILES string of the molecule is COc1cc(CNC(=O)C2CCCN(S(=O)(=O)c3c(C)noc3C)C2)ccc1O. The number of rotatable bonds is 6. The molecule has 2 N–H and O–H groups in total. The number of sulfonamides is 1. The summed E-state index contributed by atoms with van der Waals surface area (Å²) in [5, 5.41) is 16.2. The lowest BCUT2D eigenvalue weighted by Crippen LogP contribution is -2.45. The highest BCUT2D eigenvalue weighted by Crippen LogP contribution is 2.28. The summed E-state index contributed by atoms with van der Waals surface area (Å²) in [6, 6.07) is 4.83. The number of phenolic OH excluding ortho intramolecular Hbond substituents is 1. The molecule has 1 aromatic heterocycles. The van der Waals surface area contributed by atoms with Crippen molar-refractivity contribution in [2.75, 3.05) is 20.2 Å². The predicted molar refractivity (Wildman–Crippen MR) is 104 cm³/mol. The van der Waals surface area contributed by atoms with Crippen LogP contribution in [-0.2, 0) is 21.4 Å². The number of hydrogen-bond acceptors (Lipinski definition) is 7. The van der Waals surface area contributed by atoms with Crippen LogP contribution < -0.4 is 10.1 Å². The number of amides is 1. The first-order valence-corrected chi connectivity index (χ1v) is 10.7. The smallest absolute Gasteiger partial charge is 0.248 e. The van der Waals surface area contributed by atoms with Crippen LogP contribution in [0.5, 0.6) is 11.5 Å². The first kappa shape index (κ1) is 21.1. The number of aryl methyl sites for hydroxylation is 2. The maximum absolute atomic E-state index is 13.0. The molecule has 1 unspecified atom stereocenters. The second kappa shape index (κ2) is 8.42. The molecule has 1 fully saturated rings. The Bertz CT molecular complexity index is 982. The summed E-state index contributed by atoms with van der Waals surface area (Å²) in [5.74, 6) is -0.0646. The van der Waals surface area contributed by atoms with Crippen LogP contribution in [0.4, 0.5) is 0 Å². The lowest BCUT2D eigenvalue weighted by Gasteiger charge is -2.31. The third kappa shape index (κ3) is 4.38. The summed E-state index contributed by atoms with van der Waals surface area (Å²) in [6.45, 7) is 3.86. The zero-order valence-corrected chi connectivity index (χ0v) is 17.5. The molecule has 0 bridgehead atoms. The van der Waals surface area contributed by atoms with Crippen LogP contribution in [0, 0.1) is 19.8 Å². The third-order valence-electron chi connectivity index (χ3n) is 5.03. The average molecular weight is 423 g/mol. The van der Waals surface area contributed by atoms with Crippen molar-refractivity contribution in [3.8, 4) is 11.5 Å². The van der Waals surface area contributed by atoms with Crippen molar-refractivity contribution < 1.29 is 27.6 Å². The zero-order valence-electron chi connectivity index (χ0n) is 16.6. The van der Waals surface area contributed by atoms with E-state index in [1.807, 2.05) is 0 Å². The highest BCUT2D eigenvalue weighted by atomic mass is 32.2. The van der Waals surface area contributed by atoms with Crippen molar-refractivity contribution in [2.24, 2.45) is 5.92 Å². The minimum atomic E-state index is -3.77. The lowest BCUT2D eigenvalue weighted by atomic mass is 9.98. The largest absolute Gasteiger partial charge is 0.504 e. The van der Waals surface area contributed by atoms with Crippen molar-refractivity contribution in [3.63, 3.8) is 0 Å². The number of methoxy groups -OCH3 is 1. The first-order valence-electron chi connectivity index (χ1n) is 9.30. The molecule has 2 aromatic rings. The molecule has 1 saturated heterocycles. The van der Waals surface area contributed by atoms with Gasteiger partial charge in [0.1, 0.15) is 10.6 Å². The molecule has 29 heavy (non-hydrogen) atoms. The molecular formula is C19H25N3O6S. The fraction of sp³-hybridized carbons (Fsp3) is 0.474. The van der Waals surface area contributed by atoms with E-state index in [1.165, 1.54) is 17.5 Å². The van der Waals surface area contributed by atoms with E-state index in [4.69, 9.17) is 9.26 Å². The van der Waals surface area contributed by atoms with E-state index in [0.29, 0.717) is 30.8 Å². The van der Waals surface area contributed by atoms with Crippen LogP contribution in [0.3, 0.4) is 0 Å². The number of ether oxygens (including phenoxy) is 1. The predicted octanol–water partition coefficient (Wildman–Crippen LogP) is 1.72. The normalized spacial score (nSPS) is 17.8. The molecule has 0 saturated carbocycles. The molecular weight excluding hydrogens is 398 g/mol.